The van der Waals surface area contributed by atoms with Gasteiger partial charge in [0, 0.05) is 11.6 Å². The Bertz CT molecular complexity index is 377. The Labute approximate surface area is 96.6 Å². The van der Waals surface area contributed by atoms with E-state index in [9.17, 15) is 4.79 Å². The minimum absolute atomic E-state index is 0.111. The fourth-order valence-electron chi connectivity index (χ4n) is 0.978. The van der Waals surface area contributed by atoms with Gasteiger partial charge in [-0.15, -0.1) is 11.3 Å². The summed E-state index contributed by atoms with van der Waals surface area (Å²) < 4.78 is 4.87. The maximum atomic E-state index is 11.6. The lowest BCUT2D eigenvalue weighted by Crippen LogP contribution is -2.38. The van der Waals surface area contributed by atoms with Crippen LogP contribution < -0.4 is 11.1 Å². The van der Waals surface area contributed by atoms with Crippen LogP contribution in [0.25, 0.3) is 0 Å². The normalized spacial score (nSPS) is 11.5. The molecule has 7 heteroatoms. The molecule has 4 N–H and O–H groups in total. The first kappa shape index (κ1) is 12.2. The minimum Gasteiger partial charge on any atom is -0.460 e. The van der Waals surface area contributed by atoms with Crippen LogP contribution in [0.1, 0.15) is 11.0 Å². The van der Waals surface area contributed by atoms with Crippen molar-refractivity contribution in [2.45, 2.75) is 6.04 Å². The fourth-order valence-corrected chi connectivity index (χ4v) is 1.65. The van der Waals surface area contributed by atoms with Crippen LogP contribution in [0.4, 0.5) is 0 Å². The van der Waals surface area contributed by atoms with E-state index < -0.39 is 12.0 Å². The summed E-state index contributed by atoms with van der Waals surface area (Å²) in [6, 6.07) is -0.836. The van der Waals surface area contributed by atoms with Gasteiger partial charge in [0.25, 0.3) is 0 Å². The van der Waals surface area contributed by atoms with Gasteiger partial charge in [-0.1, -0.05) is 12.7 Å². The molecule has 0 aliphatic rings. The van der Waals surface area contributed by atoms with Crippen LogP contribution in [-0.4, -0.2) is 23.5 Å². The van der Waals surface area contributed by atoms with Crippen molar-refractivity contribution in [3.05, 3.63) is 29.2 Å². The number of esters is 1. The van der Waals surface area contributed by atoms with Crippen molar-refractivity contribution in [2.24, 2.45) is 5.73 Å². The van der Waals surface area contributed by atoms with Crippen molar-refractivity contribution in [2.75, 3.05) is 6.61 Å². The molecule has 16 heavy (non-hydrogen) atoms. The summed E-state index contributed by atoms with van der Waals surface area (Å²) in [4.78, 5) is 15.6. The van der Waals surface area contributed by atoms with Crippen LogP contribution >= 0.6 is 11.3 Å². The highest BCUT2D eigenvalue weighted by Crippen LogP contribution is 2.16. The van der Waals surface area contributed by atoms with E-state index in [4.69, 9.17) is 15.9 Å². The van der Waals surface area contributed by atoms with E-state index in [1.165, 1.54) is 17.4 Å². The number of rotatable bonds is 5. The highest BCUT2D eigenvalue weighted by molar-refractivity contribution is 7.09. The quantitative estimate of drug-likeness (QED) is 0.299. The number of hydrogen-bond acceptors (Lipinski definition) is 5. The van der Waals surface area contributed by atoms with Crippen LogP contribution in [-0.2, 0) is 9.53 Å². The predicted octanol–water partition coefficient (Wildman–Crippen LogP) is 0.396. The van der Waals surface area contributed by atoms with Gasteiger partial charge in [0.1, 0.15) is 11.6 Å². The van der Waals surface area contributed by atoms with Crippen LogP contribution in [0, 0.1) is 5.41 Å². The van der Waals surface area contributed by atoms with Gasteiger partial charge in [0.05, 0.1) is 0 Å². The second-order valence-corrected chi connectivity index (χ2v) is 3.71. The number of aromatic nitrogens is 1. The van der Waals surface area contributed by atoms with E-state index in [1.54, 1.807) is 11.6 Å². The average molecular weight is 240 g/mol. The number of nitrogens with two attached hydrogens (primary N) is 1. The van der Waals surface area contributed by atoms with Crippen molar-refractivity contribution in [1.82, 2.24) is 10.3 Å². The number of carbonyl (C=O) groups excluding carboxylic acids is 1. The second kappa shape index (κ2) is 5.86. The van der Waals surface area contributed by atoms with Crippen molar-refractivity contribution >= 4 is 23.3 Å². The topological polar surface area (TPSA) is 101 Å². The zero-order chi connectivity index (χ0) is 12.0. The SMILES string of the molecule is C=CCOC(=O)C(NC(=N)N)c1nccs1. The first-order valence-corrected chi connectivity index (χ1v) is 5.30. The highest BCUT2D eigenvalue weighted by Gasteiger charge is 2.24. The maximum Gasteiger partial charge on any atom is 0.336 e. The molecule has 1 unspecified atom stereocenters. The lowest BCUT2D eigenvalue weighted by Gasteiger charge is -2.14. The summed E-state index contributed by atoms with van der Waals surface area (Å²) >= 11 is 1.28. The number of nitrogens with one attached hydrogen (secondary N) is 2. The first-order chi connectivity index (χ1) is 7.65. The Kier molecular flexibility index (Phi) is 4.46. The summed E-state index contributed by atoms with van der Waals surface area (Å²) in [5.74, 6) is -0.846. The predicted molar refractivity (Wildman–Crippen MR) is 61.1 cm³/mol. The van der Waals surface area contributed by atoms with Gasteiger partial charge in [-0.2, -0.15) is 0 Å². The molecule has 0 saturated heterocycles. The molecular formula is C9H12N4O2S. The van der Waals surface area contributed by atoms with Gasteiger partial charge in [0.2, 0.25) is 0 Å². The smallest absolute Gasteiger partial charge is 0.336 e. The summed E-state index contributed by atoms with van der Waals surface area (Å²) in [6.45, 7) is 3.55. The molecule has 0 aliphatic heterocycles. The number of hydrogen-bond donors (Lipinski definition) is 3. The van der Waals surface area contributed by atoms with Crippen LogP contribution in [0.3, 0.4) is 0 Å². The van der Waals surface area contributed by atoms with Crippen LogP contribution in [0.2, 0.25) is 0 Å². The van der Waals surface area contributed by atoms with Crippen LogP contribution in [0.15, 0.2) is 24.2 Å². The lowest BCUT2D eigenvalue weighted by molar-refractivity contribution is -0.144. The molecule has 0 bridgehead atoms. The van der Waals surface area contributed by atoms with E-state index in [2.05, 4.69) is 16.9 Å². The van der Waals surface area contributed by atoms with Gasteiger partial charge in [-0.3, -0.25) is 5.41 Å². The number of ether oxygens (including phenoxy) is 1. The van der Waals surface area contributed by atoms with Crippen molar-refractivity contribution in [3.63, 3.8) is 0 Å². The zero-order valence-corrected chi connectivity index (χ0v) is 9.29. The van der Waals surface area contributed by atoms with E-state index in [1.807, 2.05) is 0 Å². The molecule has 0 radical (unpaired) electrons. The third-order valence-electron chi connectivity index (χ3n) is 1.58. The summed E-state index contributed by atoms with van der Waals surface area (Å²) in [6.07, 6.45) is 3.03. The van der Waals surface area contributed by atoms with Gasteiger partial charge in [0.15, 0.2) is 12.0 Å². The molecule has 0 fully saturated rings. The largest absolute Gasteiger partial charge is 0.460 e. The third kappa shape index (κ3) is 3.35. The number of thiazole rings is 1. The standard InChI is InChI=1S/C9H12N4O2S/c1-2-4-15-8(14)6(13-9(10)11)7-12-3-5-16-7/h2-3,5-6H,1,4H2,(H4,10,11,13). The molecule has 1 heterocycles. The molecule has 0 spiro atoms. The molecule has 1 rings (SSSR count). The molecule has 1 atom stereocenters. The first-order valence-electron chi connectivity index (χ1n) is 4.42. The van der Waals surface area contributed by atoms with Gasteiger partial charge >= 0.3 is 5.97 Å². The molecule has 86 valence electrons. The zero-order valence-electron chi connectivity index (χ0n) is 8.47. The van der Waals surface area contributed by atoms with E-state index in [-0.39, 0.29) is 12.6 Å². The van der Waals surface area contributed by atoms with E-state index in [0.717, 1.165) is 0 Å². The van der Waals surface area contributed by atoms with E-state index >= 15 is 0 Å². The number of guanidine groups is 1. The van der Waals surface area contributed by atoms with Crippen molar-refractivity contribution < 1.29 is 9.53 Å². The second-order valence-electron chi connectivity index (χ2n) is 2.78. The molecule has 1 aromatic heterocycles. The monoisotopic (exact) mass is 240 g/mol. The fraction of sp³-hybridized carbons (Fsp3) is 0.222. The van der Waals surface area contributed by atoms with Gasteiger partial charge in [-0.05, 0) is 0 Å². The minimum atomic E-state index is -0.836. The summed E-state index contributed by atoms with van der Waals surface area (Å²) in [5, 5.41) is 11.8. The Balaban J connectivity index is 2.75. The third-order valence-corrected chi connectivity index (χ3v) is 2.42. The number of nitrogens with zero attached hydrogens (tertiary/aromatic N) is 1. The average Bonchev–Trinajstić information content (AvgIpc) is 2.75. The van der Waals surface area contributed by atoms with Gasteiger partial charge < -0.3 is 15.8 Å². The summed E-state index contributed by atoms with van der Waals surface area (Å²) in [5.41, 5.74) is 5.19. The van der Waals surface area contributed by atoms with Gasteiger partial charge in [-0.25, -0.2) is 9.78 Å². The highest BCUT2D eigenvalue weighted by atomic mass is 32.1. The molecule has 0 saturated carbocycles. The Morgan fingerprint density at radius 3 is 3.12 bits per heavy atom. The molecule has 0 amide bonds. The number of carbonyl (C=O) groups is 1. The summed E-state index contributed by atoms with van der Waals surface area (Å²) in [7, 11) is 0. The van der Waals surface area contributed by atoms with E-state index in [0.29, 0.717) is 5.01 Å². The molecule has 6 nitrogen and oxygen atoms in total. The lowest BCUT2D eigenvalue weighted by atomic mass is 10.3. The van der Waals surface area contributed by atoms with Crippen LogP contribution in [0.5, 0.6) is 0 Å². The Morgan fingerprint density at radius 1 is 1.88 bits per heavy atom. The molecule has 0 aromatic carbocycles. The molecular weight excluding hydrogens is 228 g/mol. The van der Waals surface area contributed by atoms with Crippen molar-refractivity contribution in [3.8, 4) is 0 Å². The Hall–Kier alpha value is -1.89. The molecule has 0 aliphatic carbocycles. The molecule has 1 aromatic rings. The Morgan fingerprint density at radius 2 is 2.62 bits per heavy atom. The van der Waals surface area contributed by atoms with Crippen molar-refractivity contribution in [1.29, 1.82) is 5.41 Å². The maximum absolute atomic E-state index is 11.6.